The fourth-order valence-corrected chi connectivity index (χ4v) is 1.96. The van der Waals surface area contributed by atoms with Crippen molar-refractivity contribution in [1.29, 1.82) is 0 Å². The summed E-state index contributed by atoms with van der Waals surface area (Å²) in [4.78, 5) is 13.4. The summed E-state index contributed by atoms with van der Waals surface area (Å²) >= 11 is 6.01. The Morgan fingerprint density at radius 3 is 2.57 bits per heavy atom. The number of carbonyl (C=O) groups excluding carboxylic acids is 1. The molecule has 4 nitrogen and oxygen atoms in total. The molecule has 110 valence electrons. The van der Waals surface area contributed by atoms with Crippen LogP contribution in [0.25, 0.3) is 0 Å². The molecule has 0 heterocycles. The minimum absolute atomic E-state index is 0.150. The number of rotatable bonds is 3. The van der Waals surface area contributed by atoms with Crippen LogP contribution in [-0.4, -0.2) is 24.9 Å². The van der Waals surface area contributed by atoms with Crippen molar-refractivity contribution < 1.29 is 9.18 Å². The molecule has 2 rings (SSSR count). The number of nitrogens with two attached hydrogens (primary N) is 1. The maximum Gasteiger partial charge on any atom is 0.253 e. The lowest BCUT2D eigenvalue weighted by atomic mass is 10.1. The largest absolute Gasteiger partial charge is 0.397 e. The van der Waals surface area contributed by atoms with E-state index in [-0.39, 0.29) is 5.91 Å². The van der Waals surface area contributed by atoms with Crippen molar-refractivity contribution in [3.8, 4) is 0 Å². The topological polar surface area (TPSA) is 58.4 Å². The lowest BCUT2D eigenvalue weighted by Crippen LogP contribution is -2.21. The molecule has 0 aliphatic rings. The fourth-order valence-electron chi connectivity index (χ4n) is 1.79. The molecular weight excluding hydrogens is 293 g/mol. The number of halogens is 2. The molecular formula is C15H15ClFN3O. The van der Waals surface area contributed by atoms with Gasteiger partial charge < -0.3 is 16.0 Å². The van der Waals surface area contributed by atoms with E-state index < -0.39 is 5.82 Å². The van der Waals surface area contributed by atoms with Gasteiger partial charge >= 0.3 is 0 Å². The highest BCUT2D eigenvalue weighted by Crippen LogP contribution is 2.29. The van der Waals surface area contributed by atoms with E-state index in [4.69, 9.17) is 17.3 Å². The molecule has 0 atom stereocenters. The number of nitrogens with zero attached hydrogens (tertiary/aromatic N) is 1. The first-order valence-corrected chi connectivity index (χ1v) is 6.59. The molecule has 0 aromatic heterocycles. The highest BCUT2D eigenvalue weighted by atomic mass is 35.5. The molecule has 0 saturated carbocycles. The van der Waals surface area contributed by atoms with Crippen LogP contribution in [0.3, 0.4) is 0 Å². The molecule has 0 bridgehead atoms. The molecule has 1 amide bonds. The van der Waals surface area contributed by atoms with E-state index in [0.717, 1.165) is 0 Å². The van der Waals surface area contributed by atoms with Gasteiger partial charge in [-0.25, -0.2) is 4.39 Å². The molecule has 3 N–H and O–H groups in total. The Balaban J connectivity index is 2.37. The third-order valence-corrected chi connectivity index (χ3v) is 3.23. The second-order valence-electron chi connectivity index (χ2n) is 4.75. The number of nitrogens with one attached hydrogen (secondary N) is 1. The Hall–Kier alpha value is -2.27. The Morgan fingerprint density at radius 1 is 1.19 bits per heavy atom. The van der Waals surface area contributed by atoms with Crippen LogP contribution in [0.15, 0.2) is 36.4 Å². The zero-order valence-electron chi connectivity index (χ0n) is 11.7. The van der Waals surface area contributed by atoms with E-state index in [2.05, 4.69) is 5.32 Å². The maximum atomic E-state index is 13.3. The number of hydrogen-bond donors (Lipinski definition) is 2. The van der Waals surface area contributed by atoms with Crippen LogP contribution in [0, 0.1) is 5.82 Å². The van der Waals surface area contributed by atoms with Gasteiger partial charge in [0.1, 0.15) is 5.82 Å². The fraction of sp³-hybridized carbons (Fsp3) is 0.133. The molecule has 0 spiro atoms. The first kappa shape index (κ1) is 15.1. The molecule has 2 aromatic rings. The first-order chi connectivity index (χ1) is 9.88. The van der Waals surface area contributed by atoms with E-state index in [1.54, 1.807) is 32.3 Å². The van der Waals surface area contributed by atoms with Gasteiger partial charge in [-0.05, 0) is 36.4 Å². The van der Waals surface area contributed by atoms with Crippen LogP contribution < -0.4 is 11.1 Å². The van der Waals surface area contributed by atoms with Crippen LogP contribution in [0.1, 0.15) is 10.4 Å². The summed E-state index contributed by atoms with van der Waals surface area (Å²) in [6, 6.07) is 8.84. The summed E-state index contributed by atoms with van der Waals surface area (Å²) in [6.07, 6.45) is 0. The van der Waals surface area contributed by atoms with Gasteiger partial charge in [0.2, 0.25) is 0 Å². The van der Waals surface area contributed by atoms with Gasteiger partial charge in [0.25, 0.3) is 5.91 Å². The zero-order valence-corrected chi connectivity index (χ0v) is 12.4. The molecule has 0 saturated heterocycles. The first-order valence-electron chi connectivity index (χ1n) is 6.21. The second-order valence-corrected chi connectivity index (χ2v) is 5.16. The average Bonchev–Trinajstić information content (AvgIpc) is 2.44. The molecule has 2 aromatic carbocycles. The van der Waals surface area contributed by atoms with Gasteiger partial charge in [-0.1, -0.05) is 11.6 Å². The summed E-state index contributed by atoms with van der Waals surface area (Å²) in [7, 11) is 3.32. The molecule has 0 aliphatic carbocycles. The van der Waals surface area contributed by atoms with Crippen molar-refractivity contribution in [2.75, 3.05) is 25.1 Å². The monoisotopic (exact) mass is 307 g/mol. The van der Waals surface area contributed by atoms with Gasteiger partial charge in [0.15, 0.2) is 0 Å². The van der Waals surface area contributed by atoms with Crippen molar-refractivity contribution in [3.63, 3.8) is 0 Å². The molecule has 21 heavy (non-hydrogen) atoms. The highest BCUT2D eigenvalue weighted by molar-refractivity contribution is 6.33. The SMILES string of the molecule is CN(C)C(=O)c1ccc(N)c(Nc2cc(F)ccc2Cl)c1. The van der Waals surface area contributed by atoms with Crippen LogP contribution in [0.2, 0.25) is 5.02 Å². The highest BCUT2D eigenvalue weighted by Gasteiger charge is 2.11. The smallest absolute Gasteiger partial charge is 0.253 e. The Morgan fingerprint density at radius 2 is 1.90 bits per heavy atom. The summed E-state index contributed by atoms with van der Waals surface area (Å²) in [5, 5.41) is 3.31. The van der Waals surface area contributed by atoms with Crippen molar-refractivity contribution >= 4 is 34.6 Å². The summed E-state index contributed by atoms with van der Waals surface area (Å²) in [6.45, 7) is 0. The van der Waals surface area contributed by atoms with Gasteiger partial charge in [-0.15, -0.1) is 0 Å². The second kappa shape index (κ2) is 6.01. The van der Waals surface area contributed by atoms with E-state index in [0.29, 0.717) is 27.6 Å². The number of benzene rings is 2. The van der Waals surface area contributed by atoms with Crippen molar-refractivity contribution in [2.45, 2.75) is 0 Å². The van der Waals surface area contributed by atoms with Crippen LogP contribution in [-0.2, 0) is 0 Å². The summed E-state index contributed by atoms with van der Waals surface area (Å²) < 4.78 is 13.3. The number of nitrogen functional groups attached to an aromatic ring is 1. The molecule has 0 fully saturated rings. The van der Waals surface area contributed by atoms with Crippen molar-refractivity contribution in [3.05, 3.63) is 52.8 Å². The van der Waals surface area contributed by atoms with Gasteiger partial charge in [0, 0.05) is 19.7 Å². The molecule has 0 aliphatic heterocycles. The predicted octanol–water partition coefficient (Wildman–Crippen LogP) is 3.51. The average molecular weight is 308 g/mol. The van der Waals surface area contributed by atoms with Gasteiger partial charge in [-0.3, -0.25) is 4.79 Å². The third kappa shape index (κ3) is 3.44. The Bertz CT molecular complexity index is 689. The lowest BCUT2D eigenvalue weighted by Gasteiger charge is -2.14. The number of carbonyl (C=O) groups is 1. The molecule has 0 unspecified atom stereocenters. The van der Waals surface area contributed by atoms with Crippen molar-refractivity contribution in [2.24, 2.45) is 0 Å². The minimum atomic E-state index is -0.416. The third-order valence-electron chi connectivity index (χ3n) is 2.90. The van der Waals surface area contributed by atoms with Gasteiger partial charge in [-0.2, -0.15) is 0 Å². The summed E-state index contributed by atoms with van der Waals surface area (Å²) in [5.74, 6) is -0.565. The lowest BCUT2D eigenvalue weighted by molar-refractivity contribution is 0.0827. The van der Waals surface area contributed by atoms with Gasteiger partial charge in [0.05, 0.1) is 22.1 Å². The molecule has 6 heteroatoms. The van der Waals surface area contributed by atoms with Crippen LogP contribution >= 0.6 is 11.6 Å². The normalized spacial score (nSPS) is 10.3. The standard InChI is InChI=1S/C15H15ClFN3O/c1-20(2)15(21)9-3-6-12(18)14(7-9)19-13-8-10(17)4-5-11(13)16/h3-8,19H,18H2,1-2H3. The maximum absolute atomic E-state index is 13.3. The number of anilines is 3. The quantitative estimate of drug-likeness (QED) is 0.853. The zero-order chi connectivity index (χ0) is 15.6. The van der Waals surface area contributed by atoms with E-state index in [9.17, 15) is 9.18 Å². The predicted molar refractivity (Wildman–Crippen MR) is 83.6 cm³/mol. The Labute approximate surface area is 127 Å². The van der Waals surface area contributed by atoms with Crippen LogP contribution in [0.5, 0.6) is 0 Å². The van der Waals surface area contributed by atoms with E-state index >= 15 is 0 Å². The number of amides is 1. The van der Waals surface area contributed by atoms with Crippen LogP contribution in [0.4, 0.5) is 21.5 Å². The molecule has 0 radical (unpaired) electrons. The number of hydrogen-bond acceptors (Lipinski definition) is 3. The minimum Gasteiger partial charge on any atom is -0.397 e. The Kier molecular flexibility index (Phi) is 4.33. The van der Waals surface area contributed by atoms with E-state index in [1.807, 2.05) is 0 Å². The van der Waals surface area contributed by atoms with E-state index in [1.165, 1.54) is 23.1 Å². The summed E-state index contributed by atoms with van der Waals surface area (Å²) in [5.41, 5.74) is 7.67. The van der Waals surface area contributed by atoms with Crippen molar-refractivity contribution in [1.82, 2.24) is 4.90 Å².